The Morgan fingerprint density at radius 1 is 0.314 bits per heavy atom. The minimum atomic E-state index is -0.846. The highest BCUT2D eigenvalue weighted by molar-refractivity contribution is 5.76. The van der Waals surface area contributed by atoms with Crippen LogP contribution < -0.4 is 5.32 Å². The molecule has 0 spiro atoms. The number of aliphatic hydroxyl groups is 2. The number of carbonyl (C=O) groups excluding carboxylic acids is 2. The Kier molecular flexibility index (Phi) is 73.9. The van der Waals surface area contributed by atoms with Crippen molar-refractivity contribution in [3.05, 3.63) is 36.5 Å². The monoisotopic (exact) mass is 1210 g/mol. The van der Waals surface area contributed by atoms with Gasteiger partial charge in [-0.25, -0.2) is 0 Å². The molecule has 2 unspecified atom stereocenters. The summed E-state index contributed by atoms with van der Waals surface area (Å²) in [4.78, 5) is 24.7. The van der Waals surface area contributed by atoms with E-state index in [1.807, 2.05) is 6.08 Å². The molecule has 86 heavy (non-hydrogen) atoms. The number of allylic oxidation sites excluding steroid dienone is 5. The normalized spacial score (nSPS) is 12.7. The number of hydrogen-bond acceptors (Lipinski definition) is 5. The molecule has 0 fully saturated rings. The van der Waals surface area contributed by atoms with E-state index in [9.17, 15) is 19.8 Å². The van der Waals surface area contributed by atoms with Crippen LogP contribution in [0, 0.1) is 0 Å². The average molecular weight is 1210 g/mol. The van der Waals surface area contributed by atoms with E-state index in [-0.39, 0.29) is 18.5 Å². The highest BCUT2D eigenvalue weighted by Gasteiger charge is 2.18. The van der Waals surface area contributed by atoms with Crippen LogP contribution in [-0.2, 0) is 14.3 Å². The fourth-order valence-corrected chi connectivity index (χ4v) is 12.4. The Morgan fingerprint density at radius 3 is 0.826 bits per heavy atom. The molecule has 6 nitrogen and oxygen atoms in total. The number of rotatable bonds is 74. The van der Waals surface area contributed by atoms with Gasteiger partial charge in [0, 0.05) is 12.8 Å². The largest absolute Gasteiger partial charge is 0.466 e. The number of amides is 1. The van der Waals surface area contributed by atoms with Gasteiger partial charge >= 0.3 is 5.97 Å². The molecule has 0 saturated carbocycles. The highest BCUT2D eigenvalue weighted by atomic mass is 16.5. The molecule has 6 heteroatoms. The summed E-state index contributed by atoms with van der Waals surface area (Å²) in [6, 6.07) is -0.629. The summed E-state index contributed by atoms with van der Waals surface area (Å²) in [6.07, 6.45) is 98.3. The molecule has 0 aliphatic carbocycles. The van der Waals surface area contributed by atoms with E-state index in [0.717, 1.165) is 38.5 Å². The first-order valence-electron chi connectivity index (χ1n) is 39.3. The van der Waals surface area contributed by atoms with Crippen LogP contribution in [0.3, 0.4) is 0 Å². The molecule has 0 aromatic rings. The number of carbonyl (C=O) groups is 2. The number of hydrogen-bond donors (Lipinski definition) is 3. The summed E-state index contributed by atoms with van der Waals surface area (Å²) in [5.74, 6) is -0.0476. The Hall–Kier alpha value is -1.92. The smallest absolute Gasteiger partial charge is 0.305 e. The molecule has 0 bridgehead atoms. The van der Waals surface area contributed by atoms with Gasteiger partial charge in [0.05, 0.1) is 25.4 Å². The van der Waals surface area contributed by atoms with E-state index in [1.165, 1.54) is 372 Å². The number of nitrogens with one attached hydrogen (secondary N) is 1. The minimum absolute atomic E-state index is 0.0159. The van der Waals surface area contributed by atoms with Crippen LogP contribution in [0.5, 0.6) is 0 Å². The lowest BCUT2D eigenvalue weighted by Gasteiger charge is -2.20. The van der Waals surface area contributed by atoms with Gasteiger partial charge in [0.1, 0.15) is 0 Å². The zero-order valence-corrected chi connectivity index (χ0v) is 58.3. The lowest BCUT2D eigenvalue weighted by atomic mass is 10.0. The Morgan fingerprint density at radius 2 is 0.547 bits per heavy atom. The van der Waals surface area contributed by atoms with Gasteiger partial charge in [0.15, 0.2) is 0 Å². The number of unbranched alkanes of at least 4 members (excludes halogenated alkanes) is 59. The predicted octanol–water partition coefficient (Wildman–Crippen LogP) is 25.8. The molecule has 0 heterocycles. The first-order valence-corrected chi connectivity index (χ1v) is 39.3. The first kappa shape index (κ1) is 84.1. The van der Waals surface area contributed by atoms with E-state index in [2.05, 4.69) is 43.5 Å². The molecule has 1 amide bonds. The van der Waals surface area contributed by atoms with Gasteiger partial charge in [-0.3, -0.25) is 9.59 Å². The van der Waals surface area contributed by atoms with Crippen molar-refractivity contribution in [2.24, 2.45) is 0 Å². The van der Waals surface area contributed by atoms with Crippen LogP contribution in [0.25, 0.3) is 0 Å². The van der Waals surface area contributed by atoms with Crippen LogP contribution in [0.1, 0.15) is 438 Å². The van der Waals surface area contributed by atoms with Crippen LogP contribution in [-0.4, -0.2) is 47.4 Å². The number of ether oxygens (including phenoxy) is 1. The summed E-state index contributed by atoms with van der Waals surface area (Å²) < 4.78 is 5.51. The molecule has 0 aromatic heterocycles. The SMILES string of the molecule is CCCCCCCC/C=C\CCCCCCCCCCCC(=O)OCCCCCCCCCCCCCC/C=C\CCCCCCCCCCCCCCC(=O)NC(CO)C(O)/C=C/CCCCCCCCCCCCCCCCCCCCCC. The second kappa shape index (κ2) is 75.5. The summed E-state index contributed by atoms with van der Waals surface area (Å²) in [5, 5.41) is 23.3. The highest BCUT2D eigenvalue weighted by Crippen LogP contribution is 2.19. The van der Waals surface area contributed by atoms with Crippen molar-refractivity contribution >= 4 is 11.9 Å². The van der Waals surface area contributed by atoms with Crippen molar-refractivity contribution < 1.29 is 24.5 Å². The third-order valence-corrected chi connectivity index (χ3v) is 18.4. The third kappa shape index (κ3) is 71.2. The molecule has 0 aliphatic heterocycles. The summed E-state index contributed by atoms with van der Waals surface area (Å²) >= 11 is 0. The molecule has 508 valence electrons. The maximum absolute atomic E-state index is 12.5. The molecule has 3 N–H and O–H groups in total. The predicted molar refractivity (Wildman–Crippen MR) is 379 cm³/mol. The van der Waals surface area contributed by atoms with Gasteiger partial charge in [0.2, 0.25) is 5.91 Å². The number of esters is 1. The molecule has 0 saturated heterocycles. The second-order valence-corrected chi connectivity index (χ2v) is 27.0. The molecular formula is C80H153NO5. The molecule has 0 aromatic carbocycles. The van der Waals surface area contributed by atoms with Crippen LogP contribution in [0.15, 0.2) is 36.5 Å². The van der Waals surface area contributed by atoms with E-state index in [4.69, 9.17) is 4.74 Å². The van der Waals surface area contributed by atoms with E-state index in [0.29, 0.717) is 19.4 Å². The summed E-state index contributed by atoms with van der Waals surface area (Å²) in [7, 11) is 0. The van der Waals surface area contributed by atoms with Gasteiger partial charge < -0.3 is 20.3 Å². The summed E-state index contributed by atoms with van der Waals surface area (Å²) in [6.45, 7) is 4.95. The maximum atomic E-state index is 12.5. The topological polar surface area (TPSA) is 95.9 Å². The minimum Gasteiger partial charge on any atom is -0.466 e. The Bertz CT molecular complexity index is 1390. The van der Waals surface area contributed by atoms with E-state index >= 15 is 0 Å². The van der Waals surface area contributed by atoms with Crippen LogP contribution >= 0.6 is 0 Å². The Labute approximate surface area is 538 Å². The van der Waals surface area contributed by atoms with Gasteiger partial charge in [-0.1, -0.05) is 378 Å². The van der Waals surface area contributed by atoms with Crippen LogP contribution in [0.2, 0.25) is 0 Å². The quantitative estimate of drug-likeness (QED) is 0.0320. The van der Waals surface area contributed by atoms with Crippen molar-refractivity contribution in [1.29, 1.82) is 0 Å². The number of aliphatic hydroxyl groups excluding tert-OH is 2. The van der Waals surface area contributed by atoms with Crippen molar-refractivity contribution in [2.45, 2.75) is 450 Å². The van der Waals surface area contributed by atoms with E-state index in [1.54, 1.807) is 6.08 Å². The molecular weight excluding hydrogens is 1050 g/mol. The van der Waals surface area contributed by atoms with Gasteiger partial charge in [-0.05, 0) is 83.5 Å². The van der Waals surface area contributed by atoms with Crippen molar-refractivity contribution in [1.82, 2.24) is 5.32 Å². The Balaban J connectivity index is 3.39. The second-order valence-electron chi connectivity index (χ2n) is 27.0. The fourth-order valence-electron chi connectivity index (χ4n) is 12.4. The van der Waals surface area contributed by atoms with Gasteiger partial charge in [-0.2, -0.15) is 0 Å². The van der Waals surface area contributed by atoms with Gasteiger partial charge in [-0.15, -0.1) is 0 Å². The third-order valence-electron chi connectivity index (χ3n) is 18.4. The van der Waals surface area contributed by atoms with Crippen molar-refractivity contribution in [3.8, 4) is 0 Å². The summed E-state index contributed by atoms with van der Waals surface area (Å²) in [5.41, 5.74) is 0. The van der Waals surface area contributed by atoms with Crippen molar-refractivity contribution in [2.75, 3.05) is 13.2 Å². The molecule has 2 atom stereocenters. The molecule has 0 radical (unpaired) electrons. The zero-order chi connectivity index (χ0) is 62.0. The lowest BCUT2D eigenvalue weighted by Crippen LogP contribution is -2.45. The maximum Gasteiger partial charge on any atom is 0.305 e. The molecule has 0 aliphatic rings. The average Bonchev–Trinajstić information content (AvgIpc) is 3.53. The zero-order valence-electron chi connectivity index (χ0n) is 58.3. The van der Waals surface area contributed by atoms with Gasteiger partial charge in [0.25, 0.3) is 0 Å². The fraction of sp³-hybridized carbons (Fsp3) is 0.900. The standard InChI is InChI=1S/C80H153NO5/c1-3-5-7-9-11-13-15-17-19-21-23-24-33-37-40-44-48-52-56-60-64-68-72-78(83)77(76-82)81-79(84)73-69-65-61-57-53-49-45-41-38-34-31-29-27-25-26-28-30-32-35-39-43-47-51-55-59-63-67-71-75-86-80(85)74-70-66-62-58-54-50-46-42-36-22-20-18-16-14-12-10-8-6-4-2/h18,20,25-26,68,72,77-78,82-83H,3-17,19,21-24,27-67,69-71,73-76H2,1-2H3,(H,81,84)/b20-18-,26-25-,72-68+. The molecule has 0 rings (SSSR count). The lowest BCUT2D eigenvalue weighted by molar-refractivity contribution is -0.143. The first-order chi connectivity index (χ1) is 42.5. The van der Waals surface area contributed by atoms with Crippen molar-refractivity contribution in [3.63, 3.8) is 0 Å². The van der Waals surface area contributed by atoms with E-state index < -0.39 is 12.1 Å². The van der Waals surface area contributed by atoms with Crippen LogP contribution in [0.4, 0.5) is 0 Å².